The molecule has 1 N–H and O–H groups in total. The summed E-state index contributed by atoms with van der Waals surface area (Å²) in [6.07, 6.45) is 1.28. The summed E-state index contributed by atoms with van der Waals surface area (Å²) in [5.74, 6) is 0. The van der Waals surface area contributed by atoms with Gasteiger partial charge in [0.25, 0.3) is 0 Å². The molecule has 1 rings (SSSR count). The van der Waals surface area contributed by atoms with Gasteiger partial charge in [-0.15, -0.1) is 0 Å². The standard InChI is InChI=1S/C11H17N.C7H17N/c1-4-12-8-11-6-9(2)5-10(3)7-11;1-4-7-8(5-2)6-3/h5-7,12H,4,8H2,1-3H3;4-7H2,1-3H3. The van der Waals surface area contributed by atoms with Gasteiger partial charge in [-0.2, -0.15) is 0 Å². The summed E-state index contributed by atoms with van der Waals surface area (Å²) in [6.45, 7) is 18.7. The Bertz CT molecular complexity index is 323. The molecule has 0 aliphatic carbocycles. The fourth-order valence-electron chi connectivity index (χ4n) is 2.30. The normalized spacial score (nSPS) is 10.3. The van der Waals surface area contributed by atoms with E-state index in [0.717, 1.165) is 13.1 Å². The first-order valence-corrected chi connectivity index (χ1v) is 8.07. The van der Waals surface area contributed by atoms with E-state index in [9.17, 15) is 0 Å². The largest absolute Gasteiger partial charge is 0.313 e. The van der Waals surface area contributed by atoms with Crippen LogP contribution in [0.2, 0.25) is 0 Å². The molecule has 0 bridgehead atoms. The fourth-order valence-corrected chi connectivity index (χ4v) is 2.30. The summed E-state index contributed by atoms with van der Waals surface area (Å²) < 4.78 is 0. The Morgan fingerprint density at radius 2 is 1.45 bits per heavy atom. The third-order valence-corrected chi connectivity index (χ3v) is 3.29. The molecule has 0 amide bonds. The molecule has 0 heterocycles. The second-order valence-electron chi connectivity index (χ2n) is 5.30. The number of hydrogen-bond acceptors (Lipinski definition) is 2. The van der Waals surface area contributed by atoms with E-state index in [1.54, 1.807) is 0 Å². The van der Waals surface area contributed by atoms with Crippen LogP contribution in [0.1, 0.15) is 50.8 Å². The van der Waals surface area contributed by atoms with Gasteiger partial charge in [-0.05, 0) is 52.0 Å². The smallest absolute Gasteiger partial charge is 0.0205 e. The maximum Gasteiger partial charge on any atom is 0.0205 e. The fraction of sp³-hybridized carbons (Fsp3) is 0.667. The van der Waals surface area contributed by atoms with Crippen molar-refractivity contribution in [1.29, 1.82) is 0 Å². The Morgan fingerprint density at radius 1 is 0.900 bits per heavy atom. The maximum atomic E-state index is 3.32. The quantitative estimate of drug-likeness (QED) is 0.806. The number of benzene rings is 1. The van der Waals surface area contributed by atoms with Gasteiger partial charge in [0, 0.05) is 6.54 Å². The van der Waals surface area contributed by atoms with Gasteiger partial charge < -0.3 is 10.2 Å². The summed E-state index contributed by atoms with van der Waals surface area (Å²) in [6, 6.07) is 6.67. The number of rotatable bonds is 7. The van der Waals surface area contributed by atoms with Crippen molar-refractivity contribution in [2.24, 2.45) is 0 Å². The molecule has 0 saturated heterocycles. The third kappa shape index (κ3) is 9.11. The van der Waals surface area contributed by atoms with E-state index in [2.05, 4.69) is 70.0 Å². The zero-order valence-corrected chi connectivity index (χ0v) is 14.4. The van der Waals surface area contributed by atoms with Crippen LogP contribution in [0.15, 0.2) is 18.2 Å². The lowest BCUT2D eigenvalue weighted by atomic mass is 10.1. The topological polar surface area (TPSA) is 15.3 Å². The molecule has 2 nitrogen and oxygen atoms in total. The zero-order valence-electron chi connectivity index (χ0n) is 14.4. The van der Waals surface area contributed by atoms with E-state index in [1.807, 2.05) is 0 Å². The zero-order chi connectivity index (χ0) is 15.4. The first-order valence-electron chi connectivity index (χ1n) is 8.07. The van der Waals surface area contributed by atoms with Crippen LogP contribution in [0.3, 0.4) is 0 Å². The lowest BCUT2D eigenvalue weighted by Gasteiger charge is -2.15. The molecule has 0 aromatic heterocycles. The minimum absolute atomic E-state index is 0.985. The van der Waals surface area contributed by atoms with Crippen LogP contribution in [-0.4, -0.2) is 31.1 Å². The predicted octanol–water partition coefficient (Wildman–Crippen LogP) is 4.15. The predicted molar refractivity (Wildman–Crippen MR) is 91.4 cm³/mol. The monoisotopic (exact) mass is 278 g/mol. The van der Waals surface area contributed by atoms with Crippen molar-refractivity contribution in [3.05, 3.63) is 34.9 Å². The van der Waals surface area contributed by atoms with Crippen molar-refractivity contribution in [3.63, 3.8) is 0 Å². The number of hydrogen-bond donors (Lipinski definition) is 1. The highest BCUT2D eigenvalue weighted by Crippen LogP contribution is 2.08. The highest BCUT2D eigenvalue weighted by atomic mass is 15.1. The Hall–Kier alpha value is -0.860. The average molecular weight is 278 g/mol. The molecule has 1 aromatic carbocycles. The highest BCUT2D eigenvalue weighted by molar-refractivity contribution is 5.28. The Balaban J connectivity index is 0.000000396. The Morgan fingerprint density at radius 3 is 1.80 bits per heavy atom. The molecule has 0 aliphatic rings. The van der Waals surface area contributed by atoms with Crippen LogP contribution in [0.5, 0.6) is 0 Å². The van der Waals surface area contributed by atoms with E-state index < -0.39 is 0 Å². The second-order valence-corrected chi connectivity index (χ2v) is 5.30. The molecule has 0 spiro atoms. The van der Waals surface area contributed by atoms with Gasteiger partial charge in [0.1, 0.15) is 0 Å². The van der Waals surface area contributed by atoms with E-state index in [-0.39, 0.29) is 0 Å². The molecule has 0 aliphatic heterocycles. The molecular weight excluding hydrogens is 244 g/mol. The van der Waals surface area contributed by atoms with Crippen molar-refractivity contribution in [2.75, 3.05) is 26.2 Å². The highest BCUT2D eigenvalue weighted by Gasteiger charge is 1.94. The molecule has 0 fully saturated rings. The molecule has 116 valence electrons. The van der Waals surface area contributed by atoms with Crippen LogP contribution in [0.25, 0.3) is 0 Å². The van der Waals surface area contributed by atoms with Gasteiger partial charge in [-0.1, -0.05) is 57.0 Å². The van der Waals surface area contributed by atoms with Crippen molar-refractivity contribution in [3.8, 4) is 0 Å². The van der Waals surface area contributed by atoms with Gasteiger partial charge in [0.05, 0.1) is 0 Å². The minimum atomic E-state index is 0.985. The maximum absolute atomic E-state index is 3.32. The first kappa shape index (κ1) is 19.1. The lowest BCUT2D eigenvalue weighted by Crippen LogP contribution is -2.23. The molecule has 1 aromatic rings. The Kier molecular flexibility index (Phi) is 11.4. The van der Waals surface area contributed by atoms with Crippen molar-refractivity contribution < 1.29 is 0 Å². The van der Waals surface area contributed by atoms with E-state index in [0.29, 0.717) is 0 Å². The van der Waals surface area contributed by atoms with Crippen LogP contribution >= 0.6 is 0 Å². The summed E-state index contributed by atoms with van der Waals surface area (Å²) in [7, 11) is 0. The molecule has 0 unspecified atom stereocenters. The third-order valence-electron chi connectivity index (χ3n) is 3.29. The Labute approximate surface area is 126 Å². The summed E-state index contributed by atoms with van der Waals surface area (Å²) in [4.78, 5) is 2.43. The van der Waals surface area contributed by atoms with Gasteiger partial charge in [-0.3, -0.25) is 0 Å². The first-order chi connectivity index (χ1) is 9.57. The molecule has 0 saturated carbocycles. The summed E-state index contributed by atoms with van der Waals surface area (Å²) >= 11 is 0. The van der Waals surface area contributed by atoms with Crippen molar-refractivity contribution in [2.45, 2.75) is 54.5 Å². The van der Waals surface area contributed by atoms with E-state index >= 15 is 0 Å². The number of nitrogens with one attached hydrogen (secondary N) is 1. The molecule has 0 radical (unpaired) electrons. The van der Waals surface area contributed by atoms with Crippen LogP contribution < -0.4 is 5.32 Å². The van der Waals surface area contributed by atoms with Crippen molar-refractivity contribution >= 4 is 0 Å². The summed E-state index contributed by atoms with van der Waals surface area (Å²) in [5.41, 5.74) is 4.08. The van der Waals surface area contributed by atoms with Gasteiger partial charge in [0.15, 0.2) is 0 Å². The second kappa shape index (κ2) is 11.9. The van der Waals surface area contributed by atoms with Crippen LogP contribution in [0.4, 0.5) is 0 Å². The van der Waals surface area contributed by atoms with Crippen LogP contribution in [0, 0.1) is 13.8 Å². The molecule has 20 heavy (non-hydrogen) atoms. The van der Waals surface area contributed by atoms with Crippen LogP contribution in [-0.2, 0) is 6.54 Å². The number of nitrogens with zero attached hydrogens (tertiary/aromatic N) is 1. The average Bonchev–Trinajstić information content (AvgIpc) is 2.42. The van der Waals surface area contributed by atoms with Crippen molar-refractivity contribution in [1.82, 2.24) is 10.2 Å². The molecular formula is C18H34N2. The lowest BCUT2D eigenvalue weighted by molar-refractivity contribution is 0.304. The molecule has 0 atom stereocenters. The van der Waals surface area contributed by atoms with E-state index in [4.69, 9.17) is 0 Å². The number of aryl methyl sites for hydroxylation is 2. The molecule has 2 heteroatoms. The summed E-state index contributed by atoms with van der Waals surface area (Å²) in [5, 5.41) is 3.32. The SMILES string of the molecule is CCCN(CC)CC.CCNCc1cc(C)cc(C)c1. The van der Waals surface area contributed by atoms with Gasteiger partial charge in [0.2, 0.25) is 0 Å². The minimum Gasteiger partial charge on any atom is -0.313 e. The van der Waals surface area contributed by atoms with E-state index in [1.165, 1.54) is 42.7 Å². The van der Waals surface area contributed by atoms with Gasteiger partial charge >= 0.3 is 0 Å². The van der Waals surface area contributed by atoms with Gasteiger partial charge in [-0.25, -0.2) is 0 Å².